The van der Waals surface area contributed by atoms with Crippen LogP contribution in [0, 0.1) is 11.8 Å². The fraction of sp³-hybridized carbons (Fsp3) is 0.529. The van der Waals surface area contributed by atoms with Gasteiger partial charge in [0.15, 0.2) is 0 Å². The number of amides is 2. The van der Waals surface area contributed by atoms with Crippen LogP contribution in [0.2, 0.25) is 0 Å². The van der Waals surface area contributed by atoms with E-state index in [1.807, 2.05) is 30.3 Å². The van der Waals surface area contributed by atoms with Gasteiger partial charge in [0.1, 0.15) is 0 Å². The summed E-state index contributed by atoms with van der Waals surface area (Å²) >= 11 is 0. The molecule has 1 fully saturated rings. The Morgan fingerprint density at radius 1 is 1.33 bits per heavy atom. The molecule has 1 heterocycles. The zero-order valence-corrected chi connectivity index (χ0v) is 13.0. The van der Waals surface area contributed by atoms with Crippen molar-refractivity contribution in [3.05, 3.63) is 35.9 Å². The Balaban J connectivity index is 2.09. The van der Waals surface area contributed by atoms with Crippen molar-refractivity contribution < 1.29 is 9.59 Å². The van der Waals surface area contributed by atoms with Crippen molar-refractivity contribution >= 4 is 11.8 Å². The predicted octanol–water partition coefficient (Wildman–Crippen LogP) is 2.37. The number of nitrogens with one attached hydrogen (secondary N) is 1. The van der Waals surface area contributed by atoms with Crippen LogP contribution in [-0.2, 0) is 9.59 Å². The van der Waals surface area contributed by atoms with E-state index in [1.54, 1.807) is 11.9 Å². The van der Waals surface area contributed by atoms with Gasteiger partial charge in [-0.25, -0.2) is 0 Å². The summed E-state index contributed by atoms with van der Waals surface area (Å²) in [6, 6.07) is 9.64. The van der Waals surface area contributed by atoms with Gasteiger partial charge in [-0.1, -0.05) is 44.2 Å². The molecule has 0 unspecified atom stereocenters. The number of nitrogens with zero attached hydrogens (tertiary/aromatic N) is 1. The quantitative estimate of drug-likeness (QED) is 0.904. The molecule has 1 aliphatic rings. The third-order valence-electron chi connectivity index (χ3n) is 4.09. The van der Waals surface area contributed by atoms with E-state index in [4.69, 9.17) is 0 Å². The van der Waals surface area contributed by atoms with E-state index in [9.17, 15) is 9.59 Å². The molecule has 2 rings (SSSR count). The molecule has 0 radical (unpaired) electrons. The van der Waals surface area contributed by atoms with E-state index in [0.717, 1.165) is 12.0 Å². The van der Waals surface area contributed by atoms with Crippen molar-refractivity contribution in [2.24, 2.45) is 11.8 Å². The monoisotopic (exact) mass is 288 g/mol. The molecular formula is C17H24N2O2. The Hall–Kier alpha value is -1.84. The highest BCUT2D eigenvalue weighted by Crippen LogP contribution is 2.36. The minimum atomic E-state index is -0.294. The molecule has 0 aromatic heterocycles. The first-order chi connectivity index (χ1) is 10.0. The Labute approximate surface area is 126 Å². The largest absolute Gasteiger partial charge is 0.356 e. The summed E-state index contributed by atoms with van der Waals surface area (Å²) in [5, 5.41) is 2.98. The Morgan fingerprint density at radius 2 is 2.00 bits per heavy atom. The van der Waals surface area contributed by atoms with E-state index in [0.29, 0.717) is 18.9 Å². The first-order valence-electron chi connectivity index (χ1n) is 7.59. The summed E-state index contributed by atoms with van der Waals surface area (Å²) < 4.78 is 0. The first-order valence-corrected chi connectivity index (χ1v) is 7.59. The van der Waals surface area contributed by atoms with Crippen molar-refractivity contribution in [1.29, 1.82) is 0 Å². The molecule has 0 aliphatic carbocycles. The number of benzene rings is 1. The number of carbonyl (C=O) groups excluding carboxylic acids is 2. The zero-order valence-electron chi connectivity index (χ0n) is 13.0. The summed E-state index contributed by atoms with van der Waals surface area (Å²) in [6.07, 6.45) is 1.25. The molecule has 1 saturated heterocycles. The lowest BCUT2D eigenvalue weighted by atomic mass is 9.93. The minimum absolute atomic E-state index is 0.0118. The van der Waals surface area contributed by atoms with Crippen LogP contribution in [0.5, 0.6) is 0 Å². The minimum Gasteiger partial charge on any atom is -0.356 e. The number of likely N-dealkylation sites (tertiary alicyclic amines) is 1. The van der Waals surface area contributed by atoms with Crippen LogP contribution < -0.4 is 5.32 Å². The maximum absolute atomic E-state index is 12.4. The van der Waals surface area contributed by atoms with E-state index in [2.05, 4.69) is 19.2 Å². The Kier molecular flexibility index (Phi) is 4.99. The molecule has 4 heteroatoms. The topological polar surface area (TPSA) is 49.4 Å². The van der Waals surface area contributed by atoms with Gasteiger partial charge in [-0.2, -0.15) is 0 Å². The lowest BCUT2D eigenvalue weighted by Crippen LogP contribution is -2.35. The van der Waals surface area contributed by atoms with Gasteiger partial charge in [0.05, 0.1) is 12.0 Å². The molecule has 4 nitrogen and oxygen atoms in total. The van der Waals surface area contributed by atoms with Crippen molar-refractivity contribution in [1.82, 2.24) is 10.2 Å². The second-order valence-corrected chi connectivity index (χ2v) is 6.14. The maximum Gasteiger partial charge on any atom is 0.226 e. The predicted molar refractivity (Wildman–Crippen MR) is 82.5 cm³/mol. The number of rotatable bonds is 5. The molecule has 1 N–H and O–H groups in total. The summed E-state index contributed by atoms with van der Waals surface area (Å²) in [7, 11) is 1.78. The van der Waals surface area contributed by atoms with E-state index >= 15 is 0 Å². The molecule has 2 atom stereocenters. The molecule has 2 amide bonds. The molecule has 114 valence electrons. The summed E-state index contributed by atoms with van der Waals surface area (Å²) in [6.45, 7) is 4.93. The van der Waals surface area contributed by atoms with Crippen molar-refractivity contribution in [3.63, 3.8) is 0 Å². The standard InChI is InChI=1S/C17H24N2O2/c1-12(2)9-10-18-17(21)14-11-15(20)19(3)16(14)13-7-5-4-6-8-13/h4-8,12,14,16H,9-11H2,1-3H3,(H,18,21)/t14-,16+/m0/s1. The van der Waals surface area contributed by atoms with Crippen LogP contribution in [0.25, 0.3) is 0 Å². The van der Waals surface area contributed by atoms with Crippen LogP contribution in [0.15, 0.2) is 30.3 Å². The fourth-order valence-electron chi connectivity index (χ4n) is 2.83. The smallest absolute Gasteiger partial charge is 0.226 e. The zero-order chi connectivity index (χ0) is 15.4. The second kappa shape index (κ2) is 6.74. The van der Waals surface area contributed by atoms with Crippen molar-refractivity contribution in [2.75, 3.05) is 13.6 Å². The fourth-order valence-corrected chi connectivity index (χ4v) is 2.83. The van der Waals surface area contributed by atoms with Crippen molar-refractivity contribution in [3.8, 4) is 0 Å². The number of hydrogen-bond acceptors (Lipinski definition) is 2. The summed E-state index contributed by atoms with van der Waals surface area (Å²) in [5.41, 5.74) is 1.02. The van der Waals surface area contributed by atoms with Gasteiger partial charge in [-0.05, 0) is 17.9 Å². The molecule has 0 saturated carbocycles. The summed E-state index contributed by atoms with van der Waals surface area (Å²) in [5.74, 6) is 0.287. The van der Waals surface area contributed by atoms with Crippen molar-refractivity contribution in [2.45, 2.75) is 32.7 Å². The Morgan fingerprint density at radius 3 is 2.62 bits per heavy atom. The van der Waals surface area contributed by atoms with Gasteiger partial charge in [0.25, 0.3) is 0 Å². The lowest BCUT2D eigenvalue weighted by molar-refractivity contribution is -0.128. The van der Waals surface area contributed by atoms with Gasteiger partial charge in [0.2, 0.25) is 11.8 Å². The highest BCUT2D eigenvalue weighted by Gasteiger charge is 2.42. The highest BCUT2D eigenvalue weighted by atomic mass is 16.2. The second-order valence-electron chi connectivity index (χ2n) is 6.14. The molecule has 0 bridgehead atoms. The molecule has 1 aliphatic heterocycles. The third kappa shape index (κ3) is 3.63. The van der Waals surface area contributed by atoms with Crippen LogP contribution in [0.1, 0.15) is 38.3 Å². The van der Waals surface area contributed by atoms with E-state index in [1.165, 1.54) is 0 Å². The van der Waals surface area contributed by atoms with Gasteiger partial charge in [-0.3, -0.25) is 9.59 Å². The number of carbonyl (C=O) groups is 2. The number of hydrogen-bond donors (Lipinski definition) is 1. The van der Waals surface area contributed by atoms with Gasteiger partial charge in [-0.15, -0.1) is 0 Å². The SMILES string of the molecule is CC(C)CCNC(=O)[C@H]1CC(=O)N(C)[C@@H]1c1ccccc1. The van der Waals surface area contributed by atoms with Crippen LogP contribution in [-0.4, -0.2) is 30.3 Å². The molecular weight excluding hydrogens is 264 g/mol. The normalized spacial score (nSPS) is 21.9. The van der Waals surface area contributed by atoms with E-state index in [-0.39, 0.29) is 23.8 Å². The molecule has 1 aromatic rings. The van der Waals surface area contributed by atoms with Gasteiger partial charge >= 0.3 is 0 Å². The molecule has 21 heavy (non-hydrogen) atoms. The average molecular weight is 288 g/mol. The maximum atomic E-state index is 12.4. The summed E-state index contributed by atoms with van der Waals surface area (Å²) in [4.78, 5) is 26.1. The molecule has 0 spiro atoms. The highest BCUT2D eigenvalue weighted by molar-refractivity contribution is 5.90. The van der Waals surface area contributed by atoms with Crippen LogP contribution >= 0.6 is 0 Å². The van der Waals surface area contributed by atoms with E-state index < -0.39 is 0 Å². The third-order valence-corrected chi connectivity index (χ3v) is 4.09. The first kappa shape index (κ1) is 15.5. The van der Waals surface area contributed by atoms with Gasteiger partial charge < -0.3 is 10.2 Å². The molecule has 1 aromatic carbocycles. The lowest BCUT2D eigenvalue weighted by Gasteiger charge is -2.25. The van der Waals surface area contributed by atoms with Crippen LogP contribution in [0.3, 0.4) is 0 Å². The average Bonchev–Trinajstić information content (AvgIpc) is 2.75. The van der Waals surface area contributed by atoms with Crippen LogP contribution in [0.4, 0.5) is 0 Å². The van der Waals surface area contributed by atoms with Gasteiger partial charge in [0, 0.05) is 20.0 Å². The Bertz CT molecular complexity index is 499.